The van der Waals surface area contributed by atoms with Crippen LogP contribution in [0.15, 0.2) is 42.5 Å². The van der Waals surface area contributed by atoms with E-state index in [0.29, 0.717) is 12.0 Å². The number of aromatic nitrogens is 3. The van der Waals surface area contributed by atoms with Gasteiger partial charge >= 0.3 is 0 Å². The largest absolute Gasteiger partial charge is 0.315 e. The van der Waals surface area contributed by atoms with E-state index in [1.165, 1.54) is 47.2 Å². The lowest BCUT2D eigenvalue weighted by Gasteiger charge is -2.36. The molecule has 1 saturated heterocycles. The van der Waals surface area contributed by atoms with E-state index < -0.39 is 0 Å². The molecule has 0 N–H and O–H groups in total. The van der Waals surface area contributed by atoms with E-state index >= 15 is 0 Å². The van der Waals surface area contributed by atoms with Crippen LogP contribution < -0.4 is 0 Å². The van der Waals surface area contributed by atoms with Gasteiger partial charge in [0.15, 0.2) is 0 Å². The molecule has 3 aromatic rings. The van der Waals surface area contributed by atoms with Crippen LogP contribution in [0.5, 0.6) is 0 Å². The molecule has 3 heterocycles. The SMILES string of the molecule is CC(c1cccc2ccccc12)N1CCC(c2nnc3n2CCC3)CC1. The Kier molecular flexibility index (Phi) is 4.01. The molecule has 0 spiro atoms. The van der Waals surface area contributed by atoms with Crippen molar-refractivity contribution in [2.24, 2.45) is 0 Å². The Labute approximate surface area is 154 Å². The zero-order chi connectivity index (χ0) is 17.5. The lowest BCUT2D eigenvalue weighted by Crippen LogP contribution is -2.35. The van der Waals surface area contributed by atoms with E-state index in [-0.39, 0.29) is 0 Å². The second-order valence-electron chi connectivity index (χ2n) is 7.78. The monoisotopic (exact) mass is 346 g/mol. The average Bonchev–Trinajstić information content (AvgIpc) is 3.31. The molecule has 2 aromatic carbocycles. The third-order valence-electron chi connectivity index (χ3n) is 6.35. The summed E-state index contributed by atoms with van der Waals surface area (Å²) in [4.78, 5) is 2.64. The Morgan fingerprint density at radius 3 is 2.65 bits per heavy atom. The minimum Gasteiger partial charge on any atom is -0.315 e. The fraction of sp³-hybridized carbons (Fsp3) is 0.455. The average molecular weight is 346 g/mol. The highest BCUT2D eigenvalue weighted by Crippen LogP contribution is 2.34. The predicted molar refractivity (Wildman–Crippen MR) is 104 cm³/mol. The van der Waals surface area contributed by atoms with Crippen LogP contribution in [0.2, 0.25) is 0 Å². The highest BCUT2D eigenvalue weighted by molar-refractivity contribution is 5.86. The molecule has 0 saturated carbocycles. The van der Waals surface area contributed by atoms with Crippen molar-refractivity contribution < 1.29 is 0 Å². The maximum atomic E-state index is 4.52. The van der Waals surface area contributed by atoms with E-state index in [4.69, 9.17) is 0 Å². The molecule has 1 aromatic heterocycles. The fourth-order valence-electron chi connectivity index (χ4n) is 4.83. The number of hydrogen-bond donors (Lipinski definition) is 0. The van der Waals surface area contributed by atoms with Crippen LogP contribution in [0.25, 0.3) is 10.8 Å². The van der Waals surface area contributed by atoms with Crippen molar-refractivity contribution in [3.05, 3.63) is 59.7 Å². The number of rotatable bonds is 3. The van der Waals surface area contributed by atoms with E-state index in [9.17, 15) is 0 Å². The van der Waals surface area contributed by atoms with Gasteiger partial charge in [-0.3, -0.25) is 4.90 Å². The molecule has 4 heteroatoms. The zero-order valence-electron chi connectivity index (χ0n) is 15.4. The number of fused-ring (bicyclic) bond motifs is 2. The first-order chi connectivity index (χ1) is 12.8. The van der Waals surface area contributed by atoms with Gasteiger partial charge < -0.3 is 4.57 Å². The maximum Gasteiger partial charge on any atom is 0.136 e. The Bertz CT molecular complexity index is 916. The number of piperidine rings is 1. The number of aryl methyl sites for hydroxylation is 1. The predicted octanol–water partition coefficient (Wildman–Crippen LogP) is 4.32. The van der Waals surface area contributed by atoms with E-state index in [1.54, 1.807) is 0 Å². The lowest BCUT2D eigenvalue weighted by molar-refractivity contribution is 0.160. The highest BCUT2D eigenvalue weighted by Gasteiger charge is 2.29. The summed E-state index contributed by atoms with van der Waals surface area (Å²) >= 11 is 0. The maximum absolute atomic E-state index is 4.52. The van der Waals surface area contributed by atoms with Crippen LogP contribution in [0.3, 0.4) is 0 Å². The van der Waals surface area contributed by atoms with Crippen LogP contribution in [0.4, 0.5) is 0 Å². The van der Waals surface area contributed by atoms with Gasteiger partial charge in [-0.15, -0.1) is 10.2 Å². The third kappa shape index (κ3) is 2.64. The number of hydrogen-bond acceptors (Lipinski definition) is 3. The molecule has 1 unspecified atom stereocenters. The molecule has 4 nitrogen and oxygen atoms in total. The van der Waals surface area contributed by atoms with Gasteiger partial charge in [0.1, 0.15) is 11.6 Å². The van der Waals surface area contributed by atoms with Gasteiger partial charge in [-0.1, -0.05) is 42.5 Å². The van der Waals surface area contributed by atoms with Crippen LogP contribution in [0.1, 0.15) is 55.4 Å². The molecule has 0 bridgehead atoms. The molecular weight excluding hydrogens is 320 g/mol. The molecule has 1 fully saturated rings. The summed E-state index contributed by atoms with van der Waals surface area (Å²) < 4.78 is 2.38. The topological polar surface area (TPSA) is 34.0 Å². The van der Waals surface area contributed by atoms with Gasteiger partial charge in [-0.05, 0) is 55.6 Å². The normalized spacial score (nSPS) is 19.7. The molecule has 1 atom stereocenters. The Morgan fingerprint density at radius 1 is 0.962 bits per heavy atom. The van der Waals surface area contributed by atoms with Crippen molar-refractivity contribution in [2.75, 3.05) is 13.1 Å². The molecular formula is C22H26N4. The number of benzene rings is 2. The van der Waals surface area contributed by atoms with Crippen LogP contribution >= 0.6 is 0 Å². The lowest BCUT2D eigenvalue weighted by atomic mass is 9.92. The smallest absolute Gasteiger partial charge is 0.136 e. The summed E-state index contributed by atoms with van der Waals surface area (Å²) in [5, 5.41) is 11.7. The van der Waals surface area contributed by atoms with Crippen LogP contribution in [-0.2, 0) is 13.0 Å². The number of nitrogens with zero attached hydrogens (tertiary/aromatic N) is 4. The van der Waals surface area contributed by atoms with Gasteiger partial charge in [-0.25, -0.2) is 0 Å². The van der Waals surface area contributed by atoms with E-state index in [0.717, 1.165) is 26.1 Å². The zero-order valence-corrected chi connectivity index (χ0v) is 15.4. The second kappa shape index (κ2) is 6.51. The molecule has 26 heavy (non-hydrogen) atoms. The minimum absolute atomic E-state index is 0.450. The molecule has 0 radical (unpaired) electrons. The number of likely N-dealkylation sites (tertiary alicyclic amines) is 1. The standard InChI is InChI=1S/C22H26N4/c1-16(19-9-4-7-17-6-2-3-8-20(17)19)25-14-11-18(12-15-25)22-24-23-21-10-5-13-26(21)22/h2-4,6-9,16,18H,5,10-15H2,1H3. The first-order valence-electron chi connectivity index (χ1n) is 9.95. The summed E-state index contributed by atoms with van der Waals surface area (Å²) in [6.07, 6.45) is 4.71. The molecule has 5 rings (SSSR count). The van der Waals surface area contributed by atoms with Gasteiger partial charge in [0.2, 0.25) is 0 Å². The molecule has 0 amide bonds. The molecule has 134 valence electrons. The van der Waals surface area contributed by atoms with Gasteiger partial charge in [0.25, 0.3) is 0 Å². The van der Waals surface area contributed by atoms with E-state index in [2.05, 4.69) is 69.1 Å². The summed E-state index contributed by atoms with van der Waals surface area (Å²) in [6, 6.07) is 15.9. The van der Waals surface area contributed by atoms with Crippen molar-refractivity contribution in [2.45, 2.75) is 51.1 Å². The third-order valence-corrected chi connectivity index (χ3v) is 6.35. The van der Waals surface area contributed by atoms with Crippen molar-refractivity contribution in [3.63, 3.8) is 0 Å². The van der Waals surface area contributed by atoms with Crippen LogP contribution in [-0.4, -0.2) is 32.8 Å². The highest BCUT2D eigenvalue weighted by atomic mass is 15.3. The summed E-state index contributed by atoms with van der Waals surface area (Å²) in [7, 11) is 0. The molecule has 2 aliphatic rings. The summed E-state index contributed by atoms with van der Waals surface area (Å²) in [6.45, 7) is 5.75. The van der Waals surface area contributed by atoms with Crippen LogP contribution in [0, 0.1) is 0 Å². The van der Waals surface area contributed by atoms with Crippen molar-refractivity contribution in [3.8, 4) is 0 Å². The van der Waals surface area contributed by atoms with Gasteiger partial charge in [-0.2, -0.15) is 0 Å². The molecule has 2 aliphatic heterocycles. The quantitative estimate of drug-likeness (QED) is 0.708. The van der Waals surface area contributed by atoms with Crippen molar-refractivity contribution >= 4 is 10.8 Å². The van der Waals surface area contributed by atoms with E-state index in [1.807, 2.05) is 0 Å². The minimum atomic E-state index is 0.450. The Balaban J connectivity index is 1.33. The van der Waals surface area contributed by atoms with Gasteiger partial charge in [0.05, 0.1) is 0 Å². The van der Waals surface area contributed by atoms with Crippen molar-refractivity contribution in [1.29, 1.82) is 0 Å². The first kappa shape index (κ1) is 16.0. The van der Waals surface area contributed by atoms with Gasteiger partial charge in [0, 0.05) is 24.9 Å². The first-order valence-corrected chi connectivity index (χ1v) is 9.95. The summed E-state index contributed by atoms with van der Waals surface area (Å²) in [5.74, 6) is 3.02. The Hall–Kier alpha value is -2.20. The molecule has 0 aliphatic carbocycles. The van der Waals surface area contributed by atoms with Crippen molar-refractivity contribution in [1.82, 2.24) is 19.7 Å². The summed E-state index contributed by atoms with van der Waals surface area (Å²) in [5.41, 5.74) is 1.45. The second-order valence-corrected chi connectivity index (χ2v) is 7.78. The Morgan fingerprint density at radius 2 is 1.77 bits per heavy atom. The fourth-order valence-corrected chi connectivity index (χ4v) is 4.83.